The third-order valence-electron chi connectivity index (χ3n) is 7.14. The number of anilines is 1. The maximum Gasteiger partial charge on any atom is 0.263 e. The number of hydrogen-bond acceptors (Lipinski definition) is 5. The Hall–Kier alpha value is -2.22. The van der Waals surface area contributed by atoms with Gasteiger partial charge >= 0.3 is 0 Å². The number of aromatic nitrogens is 2. The van der Waals surface area contributed by atoms with Crippen LogP contribution in [0.1, 0.15) is 53.6 Å². The van der Waals surface area contributed by atoms with Crippen LogP contribution in [0.3, 0.4) is 0 Å². The fourth-order valence-electron chi connectivity index (χ4n) is 5.22. The number of piperidine rings is 1. The Morgan fingerprint density at radius 3 is 2.74 bits per heavy atom. The van der Waals surface area contributed by atoms with E-state index in [0.717, 1.165) is 72.6 Å². The van der Waals surface area contributed by atoms with E-state index in [9.17, 15) is 9.59 Å². The molecule has 3 heterocycles. The number of nitrogens with zero attached hydrogens (tertiary/aromatic N) is 3. The summed E-state index contributed by atoms with van der Waals surface area (Å²) in [6, 6.07) is 3.82. The van der Waals surface area contributed by atoms with Gasteiger partial charge in [-0.25, -0.2) is 4.98 Å². The number of benzene rings is 1. The number of carbonyl (C=O) groups is 1. The standard InChI is InChI=1S/C26H31ClN4O2S/c1-15-7-9-30(10-8-15)13-21-28-25-23(18-5-4-6-20(18)34-25)26(33)31(21)14-22(32)29-24-17(3)11-16(2)12-19(24)27/h11-12,15H,4-10,13-14H2,1-3H3,(H,29,32). The van der Waals surface area contributed by atoms with E-state index in [2.05, 4.69) is 17.1 Å². The van der Waals surface area contributed by atoms with Crippen molar-refractivity contribution in [3.8, 4) is 0 Å². The molecule has 2 aromatic heterocycles. The summed E-state index contributed by atoms with van der Waals surface area (Å²) in [5.74, 6) is 1.13. The number of aryl methyl sites for hydroxylation is 4. The van der Waals surface area contributed by atoms with E-state index in [1.54, 1.807) is 15.9 Å². The van der Waals surface area contributed by atoms with Crippen LogP contribution in [-0.4, -0.2) is 33.4 Å². The van der Waals surface area contributed by atoms with Gasteiger partial charge in [0.2, 0.25) is 5.91 Å². The first-order chi connectivity index (χ1) is 16.3. The lowest BCUT2D eigenvalue weighted by Crippen LogP contribution is -2.37. The molecule has 0 radical (unpaired) electrons. The fraction of sp³-hybridized carbons (Fsp3) is 0.500. The van der Waals surface area contributed by atoms with Crippen LogP contribution in [0.5, 0.6) is 0 Å². The summed E-state index contributed by atoms with van der Waals surface area (Å²) < 4.78 is 1.60. The van der Waals surface area contributed by atoms with Crippen LogP contribution < -0.4 is 10.9 Å². The first-order valence-corrected chi connectivity index (χ1v) is 13.3. The summed E-state index contributed by atoms with van der Waals surface area (Å²) in [7, 11) is 0. The molecule has 1 N–H and O–H groups in total. The van der Waals surface area contributed by atoms with Crippen molar-refractivity contribution in [3.63, 3.8) is 0 Å². The molecule has 1 saturated heterocycles. The zero-order valence-electron chi connectivity index (χ0n) is 20.0. The van der Waals surface area contributed by atoms with Crippen LogP contribution in [0.15, 0.2) is 16.9 Å². The topological polar surface area (TPSA) is 67.2 Å². The van der Waals surface area contributed by atoms with Gasteiger partial charge in [-0.2, -0.15) is 0 Å². The van der Waals surface area contributed by atoms with Gasteiger partial charge in [-0.3, -0.25) is 19.1 Å². The first-order valence-electron chi connectivity index (χ1n) is 12.1. The van der Waals surface area contributed by atoms with Crippen LogP contribution in [-0.2, 0) is 30.7 Å². The molecule has 6 nitrogen and oxygen atoms in total. The number of carbonyl (C=O) groups excluding carboxylic acids is 1. The van der Waals surface area contributed by atoms with Crippen molar-refractivity contribution in [3.05, 3.63) is 54.9 Å². The molecule has 5 rings (SSSR count). The third kappa shape index (κ3) is 4.53. The molecule has 1 aliphatic carbocycles. The molecule has 1 amide bonds. The van der Waals surface area contributed by atoms with Gasteiger partial charge in [-0.15, -0.1) is 11.3 Å². The highest BCUT2D eigenvalue weighted by molar-refractivity contribution is 7.18. The Morgan fingerprint density at radius 1 is 1.24 bits per heavy atom. The van der Waals surface area contributed by atoms with Crippen LogP contribution in [0.4, 0.5) is 5.69 Å². The predicted octanol–water partition coefficient (Wildman–Crippen LogP) is 5.09. The molecular weight excluding hydrogens is 468 g/mol. The van der Waals surface area contributed by atoms with Gasteiger partial charge < -0.3 is 5.32 Å². The lowest BCUT2D eigenvalue weighted by atomic mass is 9.99. The quantitative estimate of drug-likeness (QED) is 0.532. The second-order valence-corrected chi connectivity index (χ2v) is 11.4. The number of halogens is 1. The van der Waals surface area contributed by atoms with Crippen LogP contribution in [0, 0.1) is 19.8 Å². The zero-order chi connectivity index (χ0) is 24.0. The van der Waals surface area contributed by atoms with Crippen molar-refractivity contribution in [1.29, 1.82) is 0 Å². The molecule has 1 aromatic carbocycles. The predicted molar refractivity (Wildman–Crippen MR) is 139 cm³/mol. The minimum Gasteiger partial charge on any atom is -0.323 e. The molecule has 0 atom stereocenters. The molecule has 0 unspecified atom stereocenters. The Balaban J connectivity index is 1.49. The van der Waals surface area contributed by atoms with Gasteiger partial charge in [0.15, 0.2) is 0 Å². The second-order valence-electron chi connectivity index (χ2n) is 9.90. The van der Waals surface area contributed by atoms with Crippen molar-refractivity contribution in [2.75, 3.05) is 18.4 Å². The number of likely N-dealkylation sites (tertiary alicyclic amines) is 1. The van der Waals surface area contributed by atoms with Crippen LogP contribution in [0.25, 0.3) is 10.2 Å². The van der Waals surface area contributed by atoms with Gasteiger partial charge in [-0.1, -0.05) is 24.6 Å². The fourth-order valence-corrected chi connectivity index (χ4v) is 6.86. The van der Waals surface area contributed by atoms with E-state index in [0.29, 0.717) is 28.5 Å². The minimum atomic E-state index is -0.266. The molecule has 0 spiro atoms. The van der Waals surface area contributed by atoms with Crippen molar-refractivity contribution in [2.45, 2.75) is 66.0 Å². The van der Waals surface area contributed by atoms with E-state index in [1.807, 2.05) is 26.0 Å². The molecule has 3 aromatic rings. The number of fused-ring (bicyclic) bond motifs is 3. The molecule has 0 saturated carbocycles. The largest absolute Gasteiger partial charge is 0.323 e. The van der Waals surface area contributed by atoms with Crippen LogP contribution in [0.2, 0.25) is 5.02 Å². The summed E-state index contributed by atoms with van der Waals surface area (Å²) in [6.07, 6.45) is 5.30. The Bertz CT molecular complexity index is 1300. The van der Waals surface area contributed by atoms with Gasteiger partial charge in [0.1, 0.15) is 17.2 Å². The van der Waals surface area contributed by atoms with Crippen LogP contribution >= 0.6 is 22.9 Å². The number of hydrogen-bond donors (Lipinski definition) is 1. The first kappa shape index (κ1) is 23.5. The average Bonchev–Trinajstić information content (AvgIpc) is 3.36. The van der Waals surface area contributed by atoms with Crippen molar-refractivity contribution >= 4 is 44.7 Å². The number of thiophene rings is 1. The molecule has 34 heavy (non-hydrogen) atoms. The SMILES string of the molecule is Cc1cc(C)c(NC(=O)Cn2c(CN3CCC(C)CC3)nc3sc4c(c3c2=O)CCC4)c(Cl)c1. The Kier molecular flexibility index (Phi) is 6.53. The molecular formula is C26H31ClN4O2S. The lowest BCUT2D eigenvalue weighted by Gasteiger charge is -2.30. The Labute approximate surface area is 208 Å². The molecule has 8 heteroatoms. The molecule has 180 valence electrons. The van der Waals surface area contributed by atoms with E-state index in [-0.39, 0.29) is 18.0 Å². The van der Waals surface area contributed by atoms with Gasteiger partial charge in [0.25, 0.3) is 5.56 Å². The normalized spacial score (nSPS) is 16.8. The summed E-state index contributed by atoms with van der Waals surface area (Å²) in [6.45, 7) is 8.66. The van der Waals surface area contributed by atoms with Gasteiger partial charge in [0.05, 0.1) is 22.6 Å². The van der Waals surface area contributed by atoms with Crippen molar-refractivity contribution in [1.82, 2.24) is 14.5 Å². The highest BCUT2D eigenvalue weighted by atomic mass is 35.5. The van der Waals surface area contributed by atoms with Crippen molar-refractivity contribution in [2.24, 2.45) is 5.92 Å². The highest BCUT2D eigenvalue weighted by Crippen LogP contribution is 2.35. The summed E-state index contributed by atoms with van der Waals surface area (Å²) in [5.41, 5.74) is 3.59. The molecule has 1 fully saturated rings. The highest BCUT2D eigenvalue weighted by Gasteiger charge is 2.25. The van der Waals surface area contributed by atoms with Crippen molar-refractivity contribution < 1.29 is 4.79 Å². The molecule has 0 bridgehead atoms. The maximum absolute atomic E-state index is 13.7. The Morgan fingerprint density at radius 2 is 2.00 bits per heavy atom. The summed E-state index contributed by atoms with van der Waals surface area (Å²) in [5, 5.41) is 4.16. The van der Waals surface area contributed by atoms with E-state index in [1.165, 1.54) is 4.88 Å². The second kappa shape index (κ2) is 9.44. The zero-order valence-corrected chi connectivity index (χ0v) is 21.6. The van der Waals surface area contributed by atoms with Gasteiger partial charge in [0, 0.05) is 4.88 Å². The summed E-state index contributed by atoms with van der Waals surface area (Å²) >= 11 is 8.06. The summed E-state index contributed by atoms with van der Waals surface area (Å²) in [4.78, 5) is 36.3. The number of nitrogens with one attached hydrogen (secondary N) is 1. The smallest absolute Gasteiger partial charge is 0.263 e. The van der Waals surface area contributed by atoms with E-state index < -0.39 is 0 Å². The number of amides is 1. The molecule has 1 aliphatic heterocycles. The number of rotatable bonds is 5. The average molecular weight is 499 g/mol. The maximum atomic E-state index is 13.7. The lowest BCUT2D eigenvalue weighted by molar-refractivity contribution is -0.116. The van der Waals surface area contributed by atoms with E-state index in [4.69, 9.17) is 16.6 Å². The minimum absolute atomic E-state index is 0.0738. The van der Waals surface area contributed by atoms with Gasteiger partial charge in [-0.05, 0) is 87.7 Å². The third-order valence-corrected chi connectivity index (χ3v) is 8.63. The monoisotopic (exact) mass is 498 g/mol. The molecule has 2 aliphatic rings. The van der Waals surface area contributed by atoms with E-state index >= 15 is 0 Å².